The van der Waals surface area contributed by atoms with E-state index < -0.39 is 10.0 Å². The first-order valence-corrected chi connectivity index (χ1v) is 10.7. The topological polar surface area (TPSA) is 69.7 Å². The van der Waals surface area contributed by atoms with Crippen molar-refractivity contribution < 1.29 is 13.2 Å². The molecule has 0 radical (unpaired) electrons. The van der Waals surface area contributed by atoms with Gasteiger partial charge < -0.3 is 10.2 Å². The fraction of sp³-hybridized carbons (Fsp3) is 0.611. The standard InChI is InChI=1S/C18H29N3O3S/c1-5-20(6-2)16-7-8-17(14(3)13-16)19-18(22)15-9-11-21(12-10-15)25(4,23)24/h7-8,13,15H,5-6,9-12H2,1-4H3,(H,19,22). The number of carbonyl (C=O) groups is 1. The van der Waals surface area contributed by atoms with E-state index in [1.165, 1.54) is 10.6 Å². The number of rotatable bonds is 6. The second-order valence-electron chi connectivity index (χ2n) is 6.60. The molecule has 1 N–H and O–H groups in total. The lowest BCUT2D eigenvalue weighted by Gasteiger charge is -2.29. The first-order valence-electron chi connectivity index (χ1n) is 8.87. The van der Waals surface area contributed by atoms with Crippen molar-refractivity contribution in [1.82, 2.24) is 4.31 Å². The van der Waals surface area contributed by atoms with E-state index in [-0.39, 0.29) is 11.8 Å². The molecule has 7 heteroatoms. The summed E-state index contributed by atoms with van der Waals surface area (Å²) in [5.41, 5.74) is 3.01. The molecule has 1 aliphatic rings. The predicted octanol–water partition coefficient (Wildman–Crippen LogP) is 2.45. The van der Waals surface area contributed by atoms with Gasteiger partial charge in [-0.1, -0.05) is 0 Å². The second kappa shape index (κ2) is 8.19. The van der Waals surface area contributed by atoms with Crippen LogP contribution < -0.4 is 10.2 Å². The van der Waals surface area contributed by atoms with E-state index in [1.54, 1.807) is 0 Å². The highest BCUT2D eigenvalue weighted by Gasteiger charge is 2.29. The molecule has 1 aromatic carbocycles. The molecule has 1 aromatic rings. The SMILES string of the molecule is CCN(CC)c1ccc(NC(=O)C2CCN(S(C)(=O)=O)CC2)c(C)c1. The Kier molecular flexibility index (Phi) is 6.46. The lowest BCUT2D eigenvalue weighted by molar-refractivity contribution is -0.120. The van der Waals surface area contributed by atoms with Crippen molar-refractivity contribution in [3.05, 3.63) is 23.8 Å². The highest BCUT2D eigenvalue weighted by Crippen LogP contribution is 2.25. The van der Waals surface area contributed by atoms with Crippen molar-refractivity contribution in [2.45, 2.75) is 33.6 Å². The molecule has 6 nitrogen and oxygen atoms in total. The lowest BCUT2D eigenvalue weighted by Crippen LogP contribution is -2.40. The summed E-state index contributed by atoms with van der Waals surface area (Å²) in [4.78, 5) is 14.8. The van der Waals surface area contributed by atoms with Crippen molar-refractivity contribution in [3.63, 3.8) is 0 Å². The average Bonchev–Trinajstić information content (AvgIpc) is 2.57. The van der Waals surface area contributed by atoms with E-state index in [0.717, 1.165) is 30.0 Å². The summed E-state index contributed by atoms with van der Waals surface area (Å²) in [5, 5.41) is 3.01. The highest BCUT2D eigenvalue weighted by molar-refractivity contribution is 7.88. The average molecular weight is 368 g/mol. The van der Waals surface area contributed by atoms with Crippen molar-refractivity contribution in [1.29, 1.82) is 0 Å². The monoisotopic (exact) mass is 367 g/mol. The van der Waals surface area contributed by atoms with Gasteiger partial charge in [-0.25, -0.2) is 12.7 Å². The number of aryl methyl sites for hydroxylation is 1. The minimum Gasteiger partial charge on any atom is -0.372 e. The van der Waals surface area contributed by atoms with Crippen LogP contribution in [0.25, 0.3) is 0 Å². The normalized spacial score (nSPS) is 16.6. The molecule has 1 aliphatic heterocycles. The Balaban J connectivity index is 1.99. The zero-order valence-electron chi connectivity index (χ0n) is 15.6. The molecule has 25 heavy (non-hydrogen) atoms. The number of anilines is 2. The fourth-order valence-corrected chi connectivity index (χ4v) is 4.13. The fourth-order valence-electron chi connectivity index (χ4n) is 3.26. The van der Waals surface area contributed by atoms with Gasteiger partial charge in [-0.3, -0.25) is 4.79 Å². The Morgan fingerprint density at radius 1 is 1.24 bits per heavy atom. The van der Waals surface area contributed by atoms with Gasteiger partial charge in [-0.2, -0.15) is 0 Å². The van der Waals surface area contributed by atoms with Crippen LogP contribution in [0, 0.1) is 12.8 Å². The van der Waals surface area contributed by atoms with Gasteiger partial charge in [0, 0.05) is 43.5 Å². The van der Waals surface area contributed by atoms with E-state index >= 15 is 0 Å². The first-order chi connectivity index (χ1) is 11.8. The predicted molar refractivity (Wildman–Crippen MR) is 103 cm³/mol. The van der Waals surface area contributed by atoms with Crippen LogP contribution in [0.4, 0.5) is 11.4 Å². The number of nitrogens with zero attached hydrogens (tertiary/aromatic N) is 2. The Morgan fingerprint density at radius 2 is 1.84 bits per heavy atom. The van der Waals surface area contributed by atoms with Crippen molar-refractivity contribution >= 4 is 27.3 Å². The number of piperidine rings is 1. The molecule has 140 valence electrons. The van der Waals surface area contributed by atoms with Gasteiger partial charge in [-0.15, -0.1) is 0 Å². The molecule has 0 saturated carbocycles. The van der Waals surface area contributed by atoms with E-state index in [0.29, 0.717) is 25.9 Å². The molecular formula is C18H29N3O3S. The number of benzene rings is 1. The Labute approximate surface area is 151 Å². The molecule has 2 rings (SSSR count). The van der Waals surface area contributed by atoms with Gasteiger partial charge in [0.25, 0.3) is 0 Å². The third kappa shape index (κ3) is 4.95. The molecule has 0 atom stereocenters. The number of sulfonamides is 1. The molecule has 1 saturated heterocycles. The quantitative estimate of drug-likeness (QED) is 0.838. The molecule has 1 heterocycles. The largest absolute Gasteiger partial charge is 0.372 e. The summed E-state index contributed by atoms with van der Waals surface area (Å²) in [6, 6.07) is 6.07. The lowest BCUT2D eigenvalue weighted by atomic mass is 9.97. The molecule has 1 amide bonds. The van der Waals surface area contributed by atoms with Gasteiger partial charge in [0.1, 0.15) is 0 Å². The van der Waals surface area contributed by atoms with Gasteiger partial charge in [0.05, 0.1) is 6.26 Å². The minimum absolute atomic E-state index is 0.0214. The first kappa shape index (κ1) is 19.7. The van der Waals surface area contributed by atoms with E-state index in [2.05, 4.69) is 30.1 Å². The van der Waals surface area contributed by atoms with E-state index in [4.69, 9.17) is 0 Å². The van der Waals surface area contributed by atoms with Gasteiger partial charge in [0.2, 0.25) is 15.9 Å². The number of hydrogen-bond acceptors (Lipinski definition) is 4. The number of carbonyl (C=O) groups excluding carboxylic acids is 1. The van der Waals surface area contributed by atoms with Crippen LogP contribution in [0.3, 0.4) is 0 Å². The second-order valence-corrected chi connectivity index (χ2v) is 8.58. The Morgan fingerprint density at radius 3 is 2.32 bits per heavy atom. The minimum atomic E-state index is -3.16. The molecule has 0 unspecified atom stereocenters. The maximum atomic E-state index is 12.5. The maximum absolute atomic E-state index is 12.5. The number of amides is 1. The molecular weight excluding hydrogens is 338 g/mol. The zero-order valence-corrected chi connectivity index (χ0v) is 16.4. The summed E-state index contributed by atoms with van der Waals surface area (Å²) < 4.78 is 24.6. The van der Waals surface area contributed by atoms with Crippen LogP contribution in [-0.2, 0) is 14.8 Å². The molecule has 0 bridgehead atoms. The van der Waals surface area contributed by atoms with Gasteiger partial charge >= 0.3 is 0 Å². The highest BCUT2D eigenvalue weighted by atomic mass is 32.2. The van der Waals surface area contributed by atoms with Gasteiger partial charge in [0.15, 0.2) is 0 Å². The van der Waals surface area contributed by atoms with Crippen LogP contribution in [-0.4, -0.2) is 51.1 Å². The van der Waals surface area contributed by atoms with Crippen LogP contribution in [0.5, 0.6) is 0 Å². The van der Waals surface area contributed by atoms with Crippen molar-refractivity contribution in [2.75, 3.05) is 42.7 Å². The van der Waals surface area contributed by atoms with Crippen LogP contribution in [0.2, 0.25) is 0 Å². The molecule has 0 aromatic heterocycles. The van der Waals surface area contributed by atoms with E-state index in [9.17, 15) is 13.2 Å². The van der Waals surface area contributed by atoms with Crippen LogP contribution in [0.15, 0.2) is 18.2 Å². The summed E-state index contributed by atoms with van der Waals surface area (Å²) in [6.07, 6.45) is 2.35. The van der Waals surface area contributed by atoms with Crippen molar-refractivity contribution in [3.8, 4) is 0 Å². The third-order valence-electron chi connectivity index (χ3n) is 4.89. The maximum Gasteiger partial charge on any atom is 0.227 e. The third-order valence-corrected chi connectivity index (χ3v) is 6.19. The summed E-state index contributed by atoms with van der Waals surface area (Å²) in [6.45, 7) is 8.96. The summed E-state index contributed by atoms with van der Waals surface area (Å²) in [7, 11) is -3.16. The van der Waals surface area contributed by atoms with E-state index in [1.807, 2.05) is 19.1 Å². The Hall–Kier alpha value is -1.60. The summed E-state index contributed by atoms with van der Waals surface area (Å²) >= 11 is 0. The van der Waals surface area contributed by atoms with Crippen molar-refractivity contribution in [2.24, 2.45) is 5.92 Å². The van der Waals surface area contributed by atoms with Crippen LogP contribution >= 0.6 is 0 Å². The Bertz CT molecular complexity index is 706. The molecule has 0 spiro atoms. The smallest absolute Gasteiger partial charge is 0.227 e. The summed E-state index contributed by atoms with van der Waals surface area (Å²) in [5.74, 6) is -0.160. The molecule has 0 aliphatic carbocycles. The van der Waals surface area contributed by atoms with Gasteiger partial charge in [-0.05, 0) is 57.4 Å². The van der Waals surface area contributed by atoms with Crippen LogP contribution in [0.1, 0.15) is 32.3 Å². The number of nitrogens with one attached hydrogen (secondary N) is 1. The zero-order chi connectivity index (χ0) is 18.6. The molecule has 1 fully saturated rings. The number of hydrogen-bond donors (Lipinski definition) is 1.